The van der Waals surface area contributed by atoms with Crippen LogP contribution < -0.4 is 5.56 Å². The Morgan fingerprint density at radius 1 is 1.38 bits per heavy atom. The number of hydrogen-bond acceptors (Lipinski definition) is 5. The van der Waals surface area contributed by atoms with Gasteiger partial charge in [0.2, 0.25) is 0 Å². The molecule has 1 unspecified atom stereocenters. The molecular weight excluding hydrogens is 286 g/mol. The van der Waals surface area contributed by atoms with Crippen molar-refractivity contribution in [2.24, 2.45) is 7.05 Å². The second-order valence-electron chi connectivity index (χ2n) is 5.07. The van der Waals surface area contributed by atoms with Crippen LogP contribution in [0.2, 0.25) is 0 Å². The molecule has 0 saturated carbocycles. The van der Waals surface area contributed by atoms with Gasteiger partial charge in [0.25, 0.3) is 5.56 Å². The molecule has 0 saturated heterocycles. The Hall–Kier alpha value is -1.63. The van der Waals surface area contributed by atoms with E-state index in [1.165, 1.54) is 21.5 Å². The van der Waals surface area contributed by atoms with E-state index in [1.807, 2.05) is 30.3 Å². The van der Waals surface area contributed by atoms with Crippen LogP contribution in [0.1, 0.15) is 17.2 Å². The molecule has 1 aliphatic rings. The van der Waals surface area contributed by atoms with Crippen molar-refractivity contribution in [2.75, 3.05) is 12.3 Å². The van der Waals surface area contributed by atoms with E-state index in [9.17, 15) is 10.0 Å². The van der Waals surface area contributed by atoms with Crippen molar-refractivity contribution in [1.29, 1.82) is 0 Å². The molecule has 6 heteroatoms. The topological polar surface area (TPSA) is 58.4 Å². The minimum Gasteiger partial charge on any atom is -0.313 e. The van der Waals surface area contributed by atoms with Crippen LogP contribution in [-0.4, -0.2) is 32.3 Å². The van der Waals surface area contributed by atoms with E-state index in [2.05, 4.69) is 5.10 Å². The molecule has 5 nitrogen and oxygen atoms in total. The highest BCUT2D eigenvalue weighted by atomic mass is 32.2. The van der Waals surface area contributed by atoms with Gasteiger partial charge in [-0.2, -0.15) is 10.2 Å². The lowest BCUT2D eigenvalue weighted by atomic mass is 10.00. The van der Waals surface area contributed by atoms with E-state index in [0.717, 1.165) is 11.1 Å². The number of nitrogens with zero attached hydrogens (tertiary/aromatic N) is 3. The smallest absolute Gasteiger partial charge is 0.280 e. The van der Waals surface area contributed by atoms with Gasteiger partial charge < -0.3 is 5.21 Å². The van der Waals surface area contributed by atoms with Crippen molar-refractivity contribution >= 4 is 11.8 Å². The molecule has 1 N–H and O–H groups in total. The van der Waals surface area contributed by atoms with Crippen molar-refractivity contribution in [3.05, 3.63) is 58.0 Å². The van der Waals surface area contributed by atoms with Crippen LogP contribution in [-0.2, 0) is 13.5 Å². The minimum absolute atomic E-state index is 0.0918. The number of hydrogen-bond donors (Lipinski definition) is 1. The van der Waals surface area contributed by atoms with Crippen molar-refractivity contribution < 1.29 is 5.21 Å². The van der Waals surface area contributed by atoms with E-state index < -0.39 is 0 Å². The summed E-state index contributed by atoms with van der Waals surface area (Å²) in [5, 5.41) is 15.7. The zero-order valence-corrected chi connectivity index (χ0v) is 12.6. The molecule has 0 amide bonds. The third-order valence-electron chi connectivity index (χ3n) is 3.68. The minimum atomic E-state index is -0.237. The number of hydroxylamine groups is 2. The summed E-state index contributed by atoms with van der Waals surface area (Å²) < 4.78 is 1.35. The van der Waals surface area contributed by atoms with Gasteiger partial charge in [-0.3, -0.25) is 4.79 Å². The fraction of sp³-hybridized carbons (Fsp3) is 0.333. The number of aryl methyl sites for hydroxylation is 1. The Morgan fingerprint density at radius 2 is 2.14 bits per heavy atom. The summed E-state index contributed by atoms with van der Waals surface area (Å²) in [7, 11) is 1.65. The number of thioether (sulfide) groups is 1. The van der Waals surface area contributed by atoms with E-state index in [-0.39, 0.29) is 11.6 Å². The first kappa shape index (κ1) is 14.3. The normalized spacial score (nSPS) is 19.0. The molecule has 0 bridgehead atoms. The molecule has 2 heterocycles. The maximum Gasteiger partial charge on any atom is 0.280 e. The Bertz CT molecular complexity index is 687. The first-order chi connectivity index (χ1) is 10.2. The maximum absolute atomic E-state index is 12.3. The molecule has 0 spiro atoms. The lowest BCUT2D eigenvalue weighted by molar-refractivity contribution is -0.123. The molecular formula is C15H17N3O2S. The Morgan fingerprint density at radius 3 is 2.90 bits per heavy atom. The van der Waals surface area contributed by atoms with Gasteiger partial charge in [0.15, 0.2) is 0 Å². The highest BCUT2D eigenvalue weighted by molar-refractivity contribution is 7.99. The van der Waals surface area contributed by atoms with Crippen molar-refractivity contribution in [1.82, 2.24) is 14.8 Å². The van der Waals surface area contributed by atoms with Gasteiger partial charge in [-0.15, -0.1) is 11.8 Å². The lowest BCUT2D eigenvalue weighted by Crippen LogP contribution is -2.30. The van der Waals surface area contributed by atoms with E-state index in [4.69, 9.17) is 0 Å². The SMILES string of the molecule is Cn1ncc2c(c1=O)SCCN(O)C2Cc1ccccc1. The van der Waals surface area contributed by atoms with Gasteiger partial charge in [-0.1, -0.05) is 30.3 Å². The predicted molar refractivity (Wildman–Crippen MR) is 81.6 cm³/mol. The van der Waals surface area contributed by atoms with Crippen molar-refractivity contribution in [2.45, 2.75) is 17.4 Å². The second-order valence-corrected chi connectivity index (χ2v) is 6.18. The molecule has 1 aliphatic heterocycles. The Labute approximate surface area is 127 Å². The van der Waals surface area contributed by atoms with Crippen LogP contribution in [0, 0.1) is 0 Å². The molecule has 3 rings (SSSR count). The Balaban J connectivity index is 2.03. The van der Waals surface area contributed by atoms with Gasteiger partial charge in [0.1, 0.15) is 0 Å². The maximum atomic E-state index is 12.3. The summed E-state index contributed by atoms with van der Waals surface area (Å²) in [4.78, 5) is 12.9. The van der Waals surface area contributed by atoms with Crippen LogP contribution in [0.3, 0.4) is 0 Å². The summed E-state index contributed by atoms with van der Waals surface area (Å²) >= 11 is 1.49. The first-order valence-electron chi connectivity index (χ1n) is 6.85. The van der Waals surface area contributed by atoms with Crippen LogP contribution in [0.15, 0.2) is 46.2 Å². The molecule has 110 valence electrons. The first-order valence-corrected chi connectivity index (χ1v) is 7.84. The second kappa shape index (κ2) is 6.01. The third kappa shape index (κ3) is 2.88. The third-order valence-corrected chi connectivity index (χ3v) is 4.76. The number of aromatic nitrogens is 2. The molecule has 1 atom stereocenters. The summed E-state index contributed by atoms with van der Waals surface area (Å²) in [6.45, 7) is 0.528. The summed E-state index contributed by atoms with van der Waals surface area (Å²) in [5.41, 5.74) is 1.85. The summed E-state index contributed by atoms with van der Waals surface area (Å²) in [6.07, 6.45) is 2.35. The highest BCUT2D eigenvalue weighted by Gasteiger charge is 2.27. The van der Waals surface area contributed by atoms with Gasteiger partial charge in [-0.25, -0.2) is 4.68 Å². The standard InChI is InChI=1S/C15H17N3O2S/c1-17-15(19)14-12(10-16-17)13(18(20)7-8-21-14)9-11-5-3-2-4-6-11/h2-6,10,13,20H,7-9H2,1H3. The van der Waals surface area contributed by atoms with E-state index in [1.54, 1.807) is 13.2 Å². The lowest BCUT2D eigenvalue weighted by Gasteiger charge is -2.24. The van der Waals surface area contributed by atoms with Gasteiger partial charge in [0.05, 0.1) is 17.1 Å². The fourth-order valence-corrected chi connectivity index (χ4v) is 3.62. The number of benzene rings is 1. The molecule has 2 aromatic rings. The van der Waals surface area contributed by atoms with Gasteiger partial charge in [0, 0.05) is 24.9 Å². The summed E-state index contributed by atoms with van der Waals surface area (Å²) in [6, 6.07) is 9.74. The van der Waals surface area contributed by atoms with Gasteiger partial charge in [-0.05, 0) is 12.0 Å². The molecule has 1 aromatic heterocycles. The van der Waals surface area contributed by atoms with Crippen LogP contribution in [0.5, 0.6) is 0 Å². The largest absolute Gasteiger partial charge is 0.313 e. The molecule has 1 aromatic carbocycles. The predicted octanol–water partition coefficient (Wildman–Crippen LogP) is 1.86. The van der Waals surface area contributed by atoms with E-state index in [0.29, 0.717) is 23.6 Å². The average molecular weight is 303 g/mol. The quantitative estimate of drug-likeness (QED) is 0.917. The number of rotatable bonds is 2. The van der Waals surface area contributed by atoms with Crippen molar-refractivity contribution in [3.63, 3.8) is 0 Å². The highest BCUT2D eigenvalue weighted by Crippen LogP contribution is 2.32. The van der Waals surface area contributed by atoms with Crippen molar-refractivity contribution in [3.8, 4) is 0 Å². The van der Waals surface area contributed by atoms with E-state index >= 15 is 0 Å². The summed E-state index contributed by atoms with van der Waals surface area (Å²) in [5.74, 6) is 0.689. The molecule has 0 radical (unpaired) electrons. The molecule has 21 heavy (non-hydrogen) atoms. The Kier molecular flexibility index (Phi) is 4.10. The monoisotopic (exact) mass is 303 g/mol. The fourth-order valence-electron chi connectivity index (χ4n) is 2.52. The zero-order chi connectivity index (χ0) is 14.8. The van der Waals surface area contributed by atoms with Gasteiger partial charge >= 0.3 is 0 Å². The van der Waals surface area contributed by atoms with Crippen LogP contribution >= 0.6 is 11.8 Å². The average Bonchev–Trinajstić information content (AvgIpc) is 2.65. The number of fused-ring (bicyclic) bond motifs is 1. The molecule has 0 fully saturated rings. The van der Waals surface area contributed by atoms with Crippen LogP contribution in [0.4, 0.5) is 0 Å². The van der Waals surface area contributed by atoms with Crippen LogP contribution in [0.25, 0.3) is 0 Å². The zero-order valence-electron chi connectivity index (χ0n) is 11.8. The molecule has 0 aliphatic carbocycles.